The Bertz CT molecular complexity index is 1190. The number of aliphatic hydroxyl groups excluding tert-OH is 5. The van der Waals surface area contributed by atoms with Gasteiger partial charge < -0.3 is 40.3 Å². The summed E-state index contributed by atoms with van der Waals surface area (Å²) in [5.41, 5.74) is 0. The van der Waals surface area contributed by atoms with Gasteiger partial charge in [0.15, 0.2) is 6.29 Å². The van der Waals surface area contributed by atoms with Crippen LogP contribution in [-0.4, -0.2) is 107 Å². The van der Waals surface area contributed by atoms with Gasteiger partial charge in [-0.25, -0.2) is 4.18 Å². The molecule has 1 heterocycles. The maximum atomic E-state index is 13.0. The highest BCUT2D eigenvalue weighted by Crippen LogP contribution is 2.26. The summed E-state index contributed by atoms with van der Waals surface area (Å²) in [6.07, 6.45) is 25.0. The third-order valence-electron chi connectivity index (χ3n) is 9.42. The number of carbonyl (C=O) groups excluding carboxylic acids is 1. The highest BCUT2D eigenvalue weighted by Gasteiger charge is 2.48. The van der Waals surface area contributed by atoms with Crippen LogP contribution in [0.4, 0.5) is 0 Å². The van der Waals surface area contributed by atoms with E-state index in [0.717, 1.165) is 57.8 Å². The molecular formula is C41H73NO12S. The lowest BCUT2D eigenvalue weighted by Gasteiger charge is -2.41. The first-order valence-corrected chi connectivity index (χ1v) is 22.0. The van der Waals surface area contributed by atoms with Crippen LogP contribution in [0.2, 0.25) is 0 Å². The summed E-state index contributed by atoms with van der Waals surface area (Å²) < 4.78 is 47.3. The Morgan fingerprint density at radius 2 is 1.24 bits per heavy atom. The van der Waals surface area contributed by atoms with Gasteiger partial charge in [-0.3, -0.25) is 9.35 Å². The lowest BCUT2D eigenvalue weighted by atomic mass is 9.99. The van der Waals surface area contributed by atoms with Gasteiger partial charge in [-0.05, 0) is 64.2 Å². The number of amides is 1. The smallest absolute Gasteiger partial charge is 0.394 e. The van der Waals surface area contributed by atoms with Gasteiger partial charge >= 0.3 is 10.4 Å². The molecule has 320 valence electrons. The van der Waals surface area contributed by atoms with Gasteiger partial charge in [0.25, 0.3) is 0 Å². The fourth-order valence-electron chi connectivity index (χ4n) is 6.06. The predicted molar refractivity (Wildman–Crippen MR) is 214 cm³/mol. The van der Waals surface area contributed by atoms with Gasteiger partial charge in [0.1, 0.15) is 30.5 Å². The quantitative estimate of drug-likeness (QED) is 0.0235. The fourth-order valence-corrected chi connectivity index (χ4v) is 6.57. The Kier molecular flexibility index (Phi) is 29.7. The molecule has 1 rings (SSSR count). The molecule has 14 heteroatoms. The van der Waals surface area contributed by atoms with E-state index in [1.54, 1.807) is 6.08 Å². The van der Waals surface area contributed by atoms with Crippen LogP contribution in [0.5, 0.6) is 0 Å². The van der Waals surface area contributed by atoms with Crippen LogP contribution in [0.3, 0.4) is 0 Å². The van der Waals surface area contributed by atoms with E-state index in [0.29, 0.717) is 12.8 Å². The van der Waals surface area contributed by atoms with Crippen molar-refractivity contribution in [1.29, 1.82) is 0 Å². The van der Waals surface area contributed by atoms with E-state index in [1.165, 1.54) is 57.4 Å². The predicted octanol–water partition coefficient (Wildman–Crippen LogP) is 5.90. The maximum absolute atomic E-state index is 13.0. The van der Waals surface area contributed by atoms with Crippen LogP contribution >= 0.6 is 0 Å². The normalized spacial score (nSPS) is 22.7. The van der Waals surface area contributed by atoms with Crippen LogP contribution in [0.1, 0.15) is 142 Å². The molecule has 1 aliphatic heterocycles. The molecule has 0 radical (unpaired) electrons. The standard InChI is InChI=1S/C41H73NO12S/c1-3-5-7-9-11-13-15-16-17-18-19-20-22-23-25-27-29-34(44)33(42-40(48)35(45)30-28-26-24-21-14-12-10-8-6-4-2)32-52-41-38(47)39(54-55(49,50)51)37(46)36(31-43)53-41/h10,12,16-17,20,22,27,29,33-39,41,43-47H,3-9,11,13-15,18-19,21,23-26,28,30-32H2,1-2H3,(H,42,48)(H,49,50,51)/b12-10-,17-16+,22-20+,29-27+. The summed E-state index contributed by atoms with van der Waals surface area (Å²) >= 11 is 0. The zero-order valence-corrected chi connectivity index (χ0v) is 34.2. The molecule has 0 aliphatic carbocycles. The third kappa shape index (κ3) is 25.1. The first-order valence-electron chi connectivity index (χ1n) is 20.6. The molecule has 13 nitrogen and oxygen atoms in total. The molecule has 8 atom stereocenters. The summed E-state index contributed by atoms with van der Waals surface area (Å²) in [7, 11) is -5.12. The maximum Gasteiger partial charge on any atom is 0.397 e. The molecule has 7 N–H and O–H groups in total. The molecular weight excluding hydrogens is 731 g/mol. The molecule has 8 unspecified atom stereocenters. The summed E-state index contributed by atoms with van der Waals surface area (Å²) in [5.74, 6) is -0.731. The number of nitrogens with one attached hydrogen (secondary N) is 1. The Morgan fingerprint density at radius 1 is 0.727 bits per heavy atom. The van der Waals surface area contributed by atoms with Gasteiger partial charge in [0, 0.05) is 0 Å². The van der Waals surface area contributed by atoms with E-state index in [9.17, 15) is 38.7 Å². The second-order valence-corrected chi connectivity index (χ2v) is 15.4. The molecule has 0 aromatic heterocycles. The first-order chi connectivity index (χ1) is 26.4. The molecule has 1 saturated heterocycles. The molecule has 55 heavy (non-hydrogen) atoms. The van der Waals surface area contributed by atoms with E-state index in [4.69, 9.17) is 14.0 Å². The molecule has 0 bridgehead atoms. The third-order valence-corrected chi connectivity index (χ3v) is 9.88. The summed E-state index contributed by atoms with van der Waals surface area (Å²) in [4.78, 5) is 13.0. The highest BCUT2D eigenvalue weighted by atomic mass is 32.3. The zero-order chi connectivity index (χ0) is 40.7. The molecule has 1 aliphatic rings. The van der Waals surface area contributed by atoms with Gasteiger partial charge in [-0.1, -0.05) is 127 Å². The van der Waals surface area contributed by atoms with Gasteiger partial charge in [-0.2, -0.15) is 8.42 Å². The lowest BCUT2D eigenvalue weighted by Crippen LogP contribution is -2.61. The van der Waals surface area contributed by atoms with Gasteiger partial charge in [0.05, 0.1) is 25.4 Å². The van der Waals surface area contributed by atoms with Crippen LogP contribution in [-0.2, 0) is 28.9 Å². The van der Waals surface area contributed by atoms with E-state index in [2.05, 4.69) is 59.8 Å². The number of ether oxygens (including phenoxy) is 2. The fraction of sp³-hybridized carbons (Fsp3) is 0.780. The Balaban J connectivity index is 2.72. The van der Waals surface area contributed by atoms with Crippen molar-refractivity contribution in [2.45, 2.75) is 191 Å². The van der Waals surface area contributed by atoms with Crippen LogP contribution < -0.4 is 5.32 Å². The largest absolute Gasteiger partial charge is 0.397 e. The van der Waals surface area contributed by atoms with E-state index < -0.39 is 78.5 Å². The van der Waals surface area contributed by atoms with Crippen molar-refractivity contribution in [2.24, 2.45) is 0 Å². The number of aliphatic hydroxyl groups is 5. The minimum Gasteiger partial charge on any atom is -0.394 e. The van der Waals surface area contributed by atoms with Crippen molar-refractivity contribution in [3.05, 3.63) is 48.6 Å². The van der Waals surface area contributed by atoms with Crippen molar-refractivity contribution in [3.8, 4) is 0 Å². The van der Waals surface area contributed by atoms with Crippen molar-refractivity contribution in [1.82, 2.24) is 5.32 Å². The SMILES string of the molecule is CCCC/C=C\CCCCCCC(O)C(=O)NC(COC1OC(CO)C(O)C(OS(=O)(=O)O)C1O)C(O)/C=C/CC/C=C/CC/C=C/CCCCCCCC. The van der Waals surface area contributed by atoms with E-state index in [-0.39, 0.29) is 6.42 Å². The topological polar surface area (TPSA) is 212 Å². The number of hydrogen-bond acceptors (Lipinski definition) is 11. The molecule has 1 amide bonds. The number of carbonyl (C=O) groups is 1. The van der Waals surface area contributed by atoms with Crippen LogP contribution in [0.25, 0.3) is 0 Å². The molecule has 0 saturated carbocycles. The number of allylic oxidation sites excluding steroid dienone is 7. The number of hydrogen-bond donors (Lipinski definition) is 7. The van der Waals surface area contributed by atoms with Crippen molar-refractivity contribution < 1.29 is 57.0 Å². The number of unbranched alkanes of at least 4 members (excludes halogenated alkanes) is 14. The van der Waals surface area contributed by atoms with Crippen LogP contribution in [0, 0.1) is 0 Å². The second kappa shape index (κ2) is 32.0. The van der Waals surface area contributed by atoms with Crippen molar-refractivity contribution >= 4 is 16.3 Å². The zero-order valence-electron chi connectivity index (χ0n) is 33.3. The highest BCUT2D eigenvalue weighted by molar-refractivity contribution is 7.80. The minimum atomic E-state index is -5.12. The summed E-state index contributed by atoms with van der Waals surface area (Å²) in [6.45, 7) is 3.09. The molecule has 0 aromatic carbocycles. The first kappa shape index (κ1) is 51.0. The lowest BCUT2D eigenvalue weighted by molar-refractivity contribution is -0.298. The monoisotopic (exact) mass is 803 g/mol. The molecule has 0 aromatic rings. The van der Waals surface area contributed by atoms with Crippen molar-refractivity contribution in [3.63, 3.8) is 0 Å². The van der Waals surface area contributed by atoms with Gasteiger partial charge in [-0.15, -0.1) is 0 Å². The Hall–Kier alpha value is -1.98. The average molecular weight is 804 g/mol. The van der Waals surface area contributed by atoms with Crippen molar-refractivity contribution in [2.75, 3.05) is 13.2 Å². The minimum absolute atomic E-state index is 0.216. The molecule has 0 spiro atoms. The average Bonchev–Trinajstić information content (AvgIpc) is 3.15. The Labute approximate surface area is 330 Å². The van der Waals surface area contributed by atoms with Gasteiger partial charge in [0.2, 0.25) is 5.91 Å². The van der Waals surface area contributed by atoms with Crippen LogP contribution in [0.15, 0.2) is 48.6 Å². The molecule has 1 fully saturated rings. The van der Waals surface area contributed by atoms with E-state index >= 15 is 0 Å². The Morgan fingerprint density at radius 3 is 1.80 bits per heavy atom. The summed E-state index contributed by atoms with van der Waals surface area (Å²) in [5, 5.41) is 54.9. The summed E-state index contributed by atoms with van der Waals surface area (Å²) in [6, 6.07) is -1.15. The van der Waals surface area contributed by atoms with E-state index in [1.807, 2.05) is 0 Å². The number of rotatable bonds is 33. The second-order valence-electron chi connectivity index (χ2n) is 14.3.